The van der Waals surface area contributed by atoms with E-state index in [1.807, 2.05) is 30.5 Å². The normalized spacial score (nSPS) is 10.2. The first kappa shape index (κ1) is 5.89. The Bertz CT molecular complexity index is 194. The second kappa shape index (κ2) is 2.92. The van der Waals surface area contributed by atoms with Crippen molar-refractivity contribution in [1.29, 1.82) is 0 Å². The molecule has 1 aromatic rings. The van der Waals surface area contributed by atoms with Crippen LogP contribution >= 0.6 is 0 Å². The van der Waals surface area contributed by atoms with Crippen LogP contribution in [0.3, 0.4) is 0 Å². The van der Waals surface area contributed by atoms with Gasteiger partial charge in [0.05, 0.1) is 0 Å². The number of nitrogens with one attached hydrogen (secondary N) is 1. The zero-order valence-electron chi connectivity index (χ0n) is 5.17. The predicted molar refractivity (Wildman–Crippen MR) is 40.0 cm³/mol. The Hall–Kier alpha value is -1.24. The lowest BCUT2D eigenvalue weighted by molar-refractivity contribution is 1.38. The molecule has 0 unspecified atom stereocenters. The van der Waals surface area contributed by atoms with Crippen LogP contribution in [0.25, 0.3) is 6.08 Å². The van der Waals surface area contributed by atoms with Gasteiger partial charge < -0.3 is 4.98 Å². The number of H-pyrrole nitrogens is 1. The molecule has 1 heteroatoms. The van der Waals surface area contributed by atoms with Gasteiger partial charge in [0.25, 0.3) is 0 Å². The average Bonchev–Trinajstić information content (AvgIpc) is 2.34. The molecule has 0 aromatic carbocycles. The van der Waals surface area contributed by atoms with E-state index in [1.54, 1.807) is 6.08 Å². The molecule has 0 atom stereocenters. The quantitative estimate of drug-likeness (QED) is 0.574. The fraction of sp³-hybridized carbons (Fsp3) is 0. The second-order valence-corrected chi connectivity index (χ2v) is 1.72. The van der Waals surface area contributed by atoms with Crippen molar-refractivity contribution in [2.24, 2.45) is 0 Å². The minimum absolute atomic E-state index is 1.11. The molecule has 0 saturated heterocycles. The molecule has 1 aromatic heterocycles. The zero-order valence-corrected chi connectivity index (χ0v) is 5.17. The predicted octanol–water partition coefficient (Wildman–Crippen LogP) is 2.21. The lowest BCUT2D eigenvalue weighted by Gasteiger charge is -1.78. The summed E-state index contributed by atoms with van der Waals surface area (Å²) in [4.78, 5) is 3.04. The molecule has 46 valence electrons. The largest absolute Gasteiger partial charge is 0.362 e. The van der Waals surface area contributed by atoms with Gasteiger partial charge in [-0.2, -0.15) is 0 Å². The number of allylic oxidation sites excluding steroid dienone is 2. The Morgan fingerprint density at radius 2 is 2.44 bits per heavy atom. The van der Waals surface area contributed by atoms with E-state index < -0.39 is 0 Å². The number of aromatic nitrogens is 1. The van der Waals surface area contributed by atoms with E-state index in [0.717, 1.165) is 5.69 Å². The molecule has 0 spiro atoms. The Morgan fingerprint density at radius 3 is 3.00 bits per heavy atom. The molecule has 0 bridgehead atoms. The third kappa shape index (κ3) is 1.61. The third-order valence-electron chi connectivity index (χ3n) is 1.03. The molecule has 1 heterocycles. The van der Waals surface area contributed by atoms with Crippen LogP contribution in [0, 0.1) is 0 Å². The van der Waals surface area contributed by atoms with Gasteiger partial charge in [0.1, 0.15) is 0 Å². The second-order valence-electron chi connectivity index (χ2n) is 1.72. The van der Waals surface area contributed by atoms with Crippen molar-refractivity contribution >= 4 is 6.08 Å². The van der Waals surface area contributed by atoms with Gasteiger partial charge in [-0.25, -0.2) is 0 Å². The van der Waals surface area contributed by atoms with Crippen molar-refractivity contribution in [2.45, 2.75) is 0 Å². The van der Waals surface area contributed by atoms with Crippen LogP contribution in [0.15, 0.2) is 37.1 Å². The van der Waals surface area contributed by atoms with Gasteiger partial charge in [0.15, 0.2) is 0 Å². The van der Waals surface area contributed by atoms with Gasteiger partial charge in [0.2, 0.25) is 0 Å². The highest BCUT2D eigenvalue weighted by atomic mass is 14.7. The van der Waals surface area contributed by atoms with Crippen molar-refractivity contribution in [3.8, 4) is 0 Å². The Morgan fingerprint density at radius 1 is 1.56 bits per heavy atom. The maximum atomic E-state index is 3.56. The smallest absolute Gasteiger partial charge is 0.0380 e. The molecule has 0 amide bonds. The summed E-state index contributed by atoms with van der Waals surface area (Å²) >= 11 is 0. The molecular weight excluding hydrogens is 110 g/mol. The zero-order chi connectivity index (χ0) is 6.53. The number of aromatic amines is 1. The van der Waals surface area contributed by atoms with Crippen LogP contribution in [-0.2, 0) is 0 Å². The van der Waals surface area contributed by atoms with E-state index in [1.165, 1.54) is 0 Å². The summed E-state index contributed by atoms with van der Waals surface area (Å²) in [7, 11) is 0. The van der Waals surface area contributed by atoms with Gasteiger partial charge in [-0.15, -0.1) is 0 Å². The summed E-state index contributed by atoms with van der Waals surface area (Å²) in [6.45, 7) is 3.56. The van der Waals surface area contributed by atoms with E-state index in [4.69, 9.17) is 0 Å². The summed E-state index contributed by atoms with van der Waals surface area (Å²) in [6.07, 6.45) is 7.50. The summed E-state index contributed by atoms with van der Waals surface area (Å²) in [5, 5.41) is 0. The Kier molecular flexibility index (Phi) is 1.91. The van der Waals surface area contributed by atoms with Crippen molar-refractivity contribution < 1.29 is 0 Å². The molecule has 1 rings (SSSR count). The summed E-state index contributed by atoms with van der Waals surface area (Å²) < 4.78 is 0. The topological polar surface area (TPSA) is 15.8 Å². The molecule has 0 fully saturated rings. The van der Waals surface area contributed by atoms with Gasteiger partial charge in [-0.1, -0.05) is 18.7 Å². The van der Waals surface area contributed by atoms with E-state index in [-0.39, 0.29) is 0 Å². The first-order chi connectivity index (χ1) is 4.43. The fourth-order valence-electron chi connectivity index (χ4n) is 0.620. The van der Waals surface area contributed by atoms with Crippen molar-refractivity contribution in [1.82, 2.24) is 4.98 Å². The van der Waals surface area contributed by atoms with Gasteiger partial charge in [-0.05, 0) is 18.2 Å². The fourth-order valence-corrected chi connectivity index (χ4v) is 0.620. The first-order valence-corrected chi connectivity index (χ1v) is 2.86. The first-order valence-electron chi connectivity index (χ1n) is 2.86. The SMILES string of the molecule is C=C/C=C/c1ccc[nH]1. The van der Waals surface area contributed by atoms with Crippen LogP contribution in [0.5, 0.6) is 0 Å². The molecule has 0 radical (unpaired) electrons. The maximum absolute atomic E-state index is 3.56. The minimum Gasteiger partial charge on any atom is -0.362 e. The molecule has 0 aliphatic heterocycles. The van der Waals surface area contributed by atoms with E-state index in [2.05, 4.69) is 11.6 Å². The van der Waals surface area contributed by atoms with Gasteiger partial charge in [-0.3, -0.25) is 0 Å². The van der Waals surface area contributed by atoms with Crippen molar-refractivity contribution in [3.63, 3.8) is 0 Å². The number of hydrogen-bond acceptors (Lipinski definition) is 0. The molecule has 0 saturated carbocycles. The molecule has 9 heavy (non-hydrogen) atoms. The minimum atomic E-state index is 1.11. The average molecular weight is 119 g/mol. The third-order valence-corrected chi connectivity index (χ3v) is 1.03. The van der Waals surface area contributed by atoms with Crippen LogP contribution in [0.1, 0.15) is 5.69 Å². The maximum Gasteiger partial charge on any atom is 0.0380 e. The lowest BCUT2D eigenvalue weighted by atomic mass is 10.4. The molecular formula is C8H9N. The molecule has 0 aliphatic rings. The van der Waals surface area contributed by atoms with Crippen LogP contribution in [0.4, 0.5) is 0 Å². The summed E-state index contributed by atoms with van der Waals surface area (Å²) in [6, 6.07) is 3.96. The highest BCUT2D eigenvalue weighted by Gasteiger charge is 1.79. The monoisotopic (exact) mass is 119 g/mol. The summed E-state index contributed by atoms with van der Waals surface area (Å²) in [5.74, 6) is 0. The molecule has 0 aliphatic carbocycles. The van der Waals surface area contributed by atoms with E-state index in [9.17, 15) is 0 Å². The standard InChI is InChI=1S/C8H9N/c1-2-3-5-8-6-4-7-9-8/h2-7,9H,1H2/b5-3+. The Labute approximate surface area is 54.7 Å². The van der Waals surface area contributed by atoms with E-state index in [0.29, 0.717) is 0 Å². The highest BCUT2D eigenvalue weighted by Crippen LogP contribution is 1.95. The van der Waals surface area contributed by atoms with Crippen LogP contribution < -0.4 is 0 Å². The van der Waals surface area contributed by atoms with Crippen molar-refractivity contribution in [3.05, 3.63) is 42.8 Å². The Balaban J connectivity index is 2.67. The van der Waals surface area contributed by atoms with Gasteiger partial charge in [0, 0.05) is 11.9 Å². The summed E-state index contributed by atoms with van der Waals surface area (Å²) in [5.41, 5.74) is 1.11. The molecule has 1 N–H and O–H groups in total. The van der Waals surface area contributed by atoms with Crippen LogP contribution in [0.2, 0.25) is 0 Å². The molecule has 1 nitrogen and oxygen atoms in total. The number of hydrogen-bond donors (Lipinski definition) is 1. The highest BCUT2D eigenvalue weighted by molar-refractivity contribution is 5.46. The van der Waals surface area contributed by atoms with Crippen molar-refractivity contribution in [2.75, 3.05) is 0 Å². The number of rotatable bonds is 2. The van der Waals surface area contributed by atoms with Crippen LogP contribution in [-0.4, -0.2) is 4.98 Å². The van der Waals surface area contributed by atoms with E-state index >= 15 is 0 Å². The lowest BCUT2D eigenvalue weighted by Crippen LogP contribution is -1.63. The van der Waals surface area contributed by atoms with Gasteiger partial charge >= 0.3 is 0 Å².